The molecule has 2 heterocycles. The van der Waals surface area contributed by atoms with E-state index in [0.717, 1.165) is 11.5 Å². The Balaban J connectivity index is 2.19. The lowest BCUT2D eigenvalue weighted by atomic mass is 10.0. The molecule has 0 spiro atoms. The standard InChI is InChI=1S/C8H14O2S/c1-7(2)9-6-4-11-5-8(6,3)10-7/h6H,4-5H2,1-3H3/t6-,8+/m0/s1. The molecular formula is C8H14O2S. The van der Waals surface area contributed by atoms with E-state index >= 15 is 0 Å². The van der Waals surface area contributed by atoms with Gasteiger partial charge < -0.3 is 9.47 Å². The van der Waals surface area contributed by atoms with Crippen LogP contribution in [0.4, 0.5) is 0 Å². The predicted molar refractivity (Wildman–Crippen MR) is 45.8 cm³/mol. The van der Waals surface area contributed by atoms with Crippen LogP contribution in [0.5, 0.6) is 0 Å². The Kier molecular flexibility index (Phi) is 1.54. The molecule has 0 aromatic heterocycles. The molecule has 11 heavy (non-hydrogen) atoms. The van der Waals surface area contributed by atoms with Crippen molar-refractivity contribution in [3.63, 3.8) is 0 Å². The fourth-order valence-corrected chi connectivity index (χ4v) is 3.22. The normalized spacial score (nSPS) is 47.7. The zero-order chi connectivity index (χ0) is 8.11. The molecule has 0 radical (unpaired) electrons. The van der Waals surface area contributed by atoms with Crippen molar-refractivity contribution >= 4 is 11.8 Å². The summed E-state index contributed by atoms with van der Waals surface area (Å²) in [4.78, 5) is 0. The average molecular weight is 174 g/mol. The number of rotatable bonds is 0. The van der Waals surface area contributed by atoms with Gasteiger partial charge in [-0.1, -0.05) is 0 Å². The van der Waals surface area contributed by atoms with Crippen molar-refractivity contribution in [2.75, 3.05) is 11.5 Å². The Labute approximate surface area is 71.6 Å². The van der Waals surface area contributed by atoms with Gasteiger partial charge in [-0.25, -0.2) is 0 Å². The van der Waals surface area contributed by atoms with E-state index in [1.165, 1.54) is 0 Å². The van der Waals surface area contributed by atoms with Crippen molar-refractivity contribution in [1.82, 2.24) is 0 Å². The van der Waals surface area contributed by atoms with Crippen LogP contribution in [0.2, 0.25) is 0 Å². The highest BCUT2D eigenvalue weighted by molar-refractivity contribution is 7.99. The van der Waals surface area contributed by atoms with E-state index in [9.17, 15) is 0 Å². The van der Waals surface area contributed by atoms with E-state index in [1.54, 1.807) is 0 Å². The minimum absolute atomic E-state index is 0.0197. The molecule has 0 amide bonds. The largest absolute Gasteiger partial charge is 0.343 e. The summed E-state index contributed by atoms with van der Waals surface area (Å²) in [7, 11) is 0. The second-order valence-corrected chi connectivity index (χ2v) is 4.97. The van der Waals surface area contributed by atoms with Crippen molar-refractivity contribution in [1.29, 1.82) is 0 Å². The first kappa shape index (κ1) is 7.90. The fourth-order valence-electron chi connectivity index (χ4n) is 1.82. The number of thioether (sulfide) groups is 1. The van der Waals surface area contributed by atoms with Crippen LogP contribution in [0.1, 0.15) is 20.8 Å². The lowest BCUT2D eigenvalue weighted by molar-refractivity contribution is -0.156. The molecule has 0 bridgehead atoms. The molecule has 2 atom stereocenters. The van der Waals surface area contributed by atoms with E-state index in [2.05, 4.69) is 6.92 Å². The van der Waals surface area contributed by atoms with Gasteiger partial charge in [-0.2, -0.15) is 11.8 Å². The molecule has 0 saturated carbocycles. The second kappa shape index (κ2) is 2.15. The minimum atomic E-state index is -0.361. The van der Waals surface area contributed by atoms with Gasteiger partial charge in [0.1, 0.15) is 5.60 Å². The summed E-state index contributed by atoms with van der Waals surface area (Å²) in [5, 5.41) is 0. The maximum Gasteiger partial charge on any atom is 0.164 e. The lowest BCUT2D eigenvalue weighted by Gasteiger charge is -2.22. The second-order valence-electron chi connectivity index (χ2n) is 3.94. The van der Waals surface area contributed by atoms with Crippen molar-refractivity contribution in [2.45, 2.75) is 38.3 Å². The number of hydrogen-bond donors (Lipinski definition) is 0. The van der Waals surface area contributed by atoms with Gasteiger partial charge in [-0.05, 0) is 20.8 Å². The Morgan fingerprint density at radius 2 is 2.09 bits per heavy atom. The van der Waals surface area contributed by atoms with E-state index in [1.807, 2.05) is 25.6 Å². The van der Waals surface area contributed by atoms with E-state index in [-0.39, 0.29) is 11.4 Å². The molecule has 2 nitrogen and oxygen atoms in total. The summed E-state index contributed by atoms with van der Waals surface area (Å²) < 4.78 is 11.5. The minimum Gasteiger partial charge on any atom is -0.343 e. The van der Waals surface area contributed by atoms with Crippen LogP contribution >= 0.6 is 11.8 Å². The van der Waals surface area contributed by atoms with Crippen molar-refractivity contribution in [3.8, 4) is 0 Å². The highest BCUT2D eigenvalue weighted by Gasteiger charge is 2.52. The van der Waals surface area contributed by atoms with Crippen LogP contribution in [0, 0.1) is 0 Å². The summed E-state index contributed by atoms with van der Waals surface area (Å²) in [5.74, 6) is 1.79. The van der Waals surface area contributed by atoms with Crippen molar-refractivity contribution in [2.24, 2.45) is 0 Å². The molecule has 0 N–H and O–H groups in total. The van der Waals surface area contributed by atoms with Crippen molar-refractivity contribution in [3.05, 3.63) is 0 Å². The topological polar surface area (TPSA) is 18.5 Å². The van der Waals surface area contributed by atoms with Crippen molar-refractivity contribution < 1.29 is 9.47 Å². The summed E-state index contributed by atoms with van der Waals surface area (Å²) in [6.07, 6.45) is 0.308. The van der Waals surface area contributed by atoms with Gasteiger partial charge in [-0.15, -0.1) is 0 Å². The van der Waals surface area contributed by atoms with E-state index in [4.69, 9.17) is 9.47 Å². The fraction of sp³-hybridized carbons (Fsp3) is 1.00. The lowest BCUT2D eigenvalue weighted by Crippen LogP contribution is -2.35. The molecule has 2 rings (SSSR count). The summed E-state index contributed by atoms with van der Waals surface area (Å²) >= 11 is 1.92. The highest BCUT2D eigenvalue weighted by Crippen LogP contribution is 2.44. The molecule has 2 saturated heterocycles. The Morgan fingerprint density at radius 1 is 1.36 bits per heavy atom. The molecule has 3 heteroatoms. The predicted octanol–water partition coefficient (Wildman–Crippen LogP) is 1.64. The first-order chi connectivity index (χ1) is 5.02. The molecule has 0 aliphatic carbocycles. The van der Waals surface area contributed by atoms with Crippen LogP contribution in [0.3, 0.4) is 0 Å². The monoisotopic (exact) mass is 174 g/mol. The van der Waals surface area contributed by atoms with Crippen LogP contribution in [-0.2, 0) is 9.47 Å². The molecule has 2 aliphatic heterocycles. The zero-order valence-electron chi connectivity index (χ0n) is 7.22. The van der Waals surface area contributed by atoms with E-state index < -0.39 is 0 Å². The molecule has 0 aromatic carbocycles. The smallest absolute Gasteiger partial charge is 0.164 e. The first-order valence-corrected chi connectivity index (χ1v) is 5.13. The number of hydrogen-bond acceptors (Lipinski definition) is 3. The summed E-state index contributed by atoms with van der Waals surface area (Å²) in [6, 6.07) is 0. The molecule has 0 unspecified atom stereocenters. The number of fused-ring (bicyclic) bond motifs is 1. The third kappa shape index (κ3) is 1.19. The van der Waals surface area contributed by atoms with E-state index in [0.29, 0.717) is 6.10 Å². The van der Waals surface area contributed by atoms with Gasteiger partial charge in [0.15, 0.2) is 5.79 Å². The zero-order valence-corrected chi connectivity index (χ0v) is 8.03. The van der Waals surface area contributed by atoms with Crippen LogP contribution in [-0.4, -0.2) is 29.0 Å². The van der Waals surface area contributed by atoms with Crippen LogP contribution in [0.15, 0.2) is 0 Å². The molecule has 2 aliphatic rings. The first-order valence-electron chi connectivity index (χ1n) is 3.98. The van der Waals surface area contributed by atoms with Gasteiger partial charge in [0.2, 0.25) is 0 Å². The van der Waals surface area contributed by atoms with Gasteiger partial charge in [0.05, 0.1) is 6.10 Å². The SMILES string of the molecule is CC1(C)O[C@H]2CSC[C@@]2(C)O1. The highest BCUT2D eigenvalue weighted by atomic mass is 32.2. The molecular weight excluding hydrogens is 160 g/mol. The summed E-state index contributed by atoms with van der Waals surface area (Å²) in [5.41, 5.74) is -0.0197. The van der Waals surface area contributed by atoms with Gasteiger partial charge in [0.25, 0.3) is 0 Å². The maximum absolute atomic E-state index is 5.82. The third-order valence-electron chi connectivity index (χ3n) is 2.24. The molecule has 2 fully saturated rings. The van der Waals surface area contributed by atoms with Gasteiger partial charge in [0, 0.05) is 11.5 Å². The van der Waals surface area contributed by atoms with Crippen LogP contribution in [0.25, 0.3) is 0 Å². The maximum atomic E-state index is 5.82. The van der Waals surface area contributed by atoms with Gasteiger partial charge >= 0.3 is 0 Å². The van der Waals surface area contributed by atoms with Gasteiger partial charge in [-0.3, -0.25) is 0 Å². The average Bonchev–Trinajstić information content (AvgIpc) is 2.16. The Hall–Kier alpha value is 0.270. The number of ether oxygens (including phenoxy) is 2. The summed E-state index contributed by atoms with van der Waals surface area (Å²) in [6.45, 7) is 6.12. The molecule has 64 valence electrons. The van der Waals surface area contributed by atoms with Crippen LogP contribution < -0.4 is 0 Å². The Bertz CT molecular complexity index is 181. The third-order valence-corrected chi connectivity index (χ3v) is 3.56. The molecule has 0 aromatic rings. The quantitative estimate of drug-likeness (QED) is 0.556. The Morgan fingerprint density at radius 3 is 2.73 bits per heavy atom.